The van der Waals surface area contributed by atoms with Gasteiger partial charge in [-0.2, -0.15) is 0 Å². The van der Waals surface area contributed by atoms with Gasteiger partial charge in [-0.25, -0.2) is 8.42 Å². The lowest BCUT2D eigenvalue weighted by Gasteiger charge is -2.31. The van der Waals surface area contributed by atoms with E-state index in [-0.39, 0.29) is 0 Å². The Kier molecular flexibility index (Phi) is 7.26. The van der Waals surface area contributed by atoms with E-state index in [0.717, 1.165) is 27.3 Å². The third-order valence-electron chi connectivity index (χ3n) is 5.33. The van der Waals surface area contributed by atoms with Crippen molar-refractivity contribution in [2.24, 2.45) is 0 Å². The van der Waals surface area contributed by atoms with E-state index in [2.05, 4.69) is 5.32 Å². The molecule has 32 heavy (non-hydrogen) atoms. The standard InChI is InChI=1S/C25H27ClN2O3S/c1-17-10-13-21(14-11-17)24(20-8-6-5-7-9-20)27-25(29)19(3)28(32(4,30)31)23-16-22(26)15-12-18(23)2/h5-16,19,24H,1-4H3,(H,27,29)/t19-,24+/m1/s1. The number of aryl methyl sites for hydroxylation is 2. The molecule has 3 aromatic carbocycles. The molecule has 0 aliphatic rings. The van der Waals surface area contributed by atoms with Gasteiger partial charge in [0, 0.05) is 5.02 Å². The van der Waals surface area contributed by atoms with Crippen molar-refractivity contribution < 1.29 is 13.2 Å². The monoisotopic (exact) mass is 470 g/mol. The van der Waals surface area contributed by atoms with Crippen LogP contribution in [0.5, 0.6) is 0 Å². The zero-order chi connectivity index (χ0) is 23.5. The molecule has 0 aliphatic heterocycles. The fourth-order valence-corrected chi connectivity index (χ4v) is 5.02. The summed E-state index contributed by atoms with van der Waals surface area (Å²) < 4.78 is 26.5. The molecule has 0 saturated heterocycles. The minimum Gasteiger partial charge on any atom is -0.343 e. The summed E-state index contributed by atoms with van der Waals surface area (Å²) >= 11 is 6.13. The van der Waals surface area contributed by atoms with Crippen molar-refractivity contribution in [3.05, 3.63) is 100 Å². The predicted octanol–water partition coefficient (Wildman–Crippen LogP) is 5.02. The lowest BCUT2D eigenvalue weighted by molar-refractivity contribution is -0.122. The van der Waals surface area contributed by atoms with Crippen LogP contribution in [-0.4, -0.2) is 26.6 Å². The first-order chi connectivity index (χ1) is 15.1. The smallest absolute Gasteiger partial charge is 0.244 e. The molecule has 0 unspecified atom stereocenters. The molecular weight excluding hydrogens is 444 g/mol. The summed E-state index contributed by atoms with van der Waals surface area (Å²) in [6, 6.07) is 21.1. The van der Waals surface area contributed by atoms with E-state index in [0.29, 0.717) is 16.3 Å². The summed E-state index contributed by atoms with van der Waals surface area (Å²) in [5, 5.41) is 3.44. The lowest BCUT2D eigenvalue weighted by Crippen LogP contribution is -2.49. The molecule has 7 heteroatoms. The summed E-state index contributed by atoms with van der Waals surface area (Å²) in [7, 11) is -3.76. The van der Waals surface area contributed by atoms with Crippen molar-refractivity contribution in [2.45, 2.75) is 32.9 Å². The number of nitrogens with one attached hydrogen (secondary N) is 1. The van der Waals surface area contributed by atoms with Crippen molar-refractivity contribution >= 4 is 33.2 Å². The van der Waals surface area contributed by atoms with E-state index < -0.39 is 28.0 Å². The number of carbonyl (C=O) groups is 1. The van der Waals surface area contributed by atoms with Crippen LogP contribution in [0.2, 0.25) is 5.02 Å². The predicted molar refractivity (Wildman–Crippen MR) is 131 cm³/mol. The second kappa shape index (κ2) is 9.76. The molecule has 0 heterocycles. The minimum absolute atomic E-state index is 0.384. The minimum atomic E-state index is -3.76. The third-order valence-corrected chi connectivity index (χ3v) is 6.79. The van der Waals surface area contributed by atoms with Gasteiger partial charge in [0.15, 0.2) is 0 Å². The number of hydrogen-bond donors (Lipinski definition) is 1. The molecule has 168 valence electrons. The van der Waals surface area contributed by atoms with Gasteiger partial charge in [0.25, 0.3) is 0 Å². The maximum absolute atomic E-state index is 13.4. The Morgan fingerprint density at radius 1 is 0.938 bits per heavy atom. The summed E-state index contributed by atoms with van der Waals surface area (Å²) in [4.78, 5) is 13.4. The number of amides is 1. The average molecular weight is 471 g/mol. The van der Waals surface area contributed by atoms with Gasteiger partial charge in [0.05, 0.1) is 18.0 Å². The molecule has 1 N–H and O–H groups in total. The number of carbonyl (C=O) groups excluding carboxylic acids is 1. The van der Waals surface area contributed by atoms with Gasteiger partial charge in [-0.15, -0.1) is 0 Å². The molecule has 0 spiro atoms. The largest absolute Gasteiger partial charge is 0.343 e. The zero-order valence-electron chi connectivity index (χ0n) is 18.5. The fraction of sp³-hybridized carbons (Fsp3) is 0.240. The highest BCUT2D eigenvalue weighted by Gasteiger charge is 2.32. The Hall–Kier alpha value is -2.83. The van der Waals surface area contributed by atoms with Gasteiger partial charge < -0.3 is 5.32 Å². The molecule has 1 amide bonds. The van der Waals surface area contributed by atoms with Crippen LogP contribution in [0.3, 0.4) is 0 Å². The van der Waals surface area contributed by atoms with E-state index in [9.17, 15) is 13.2 Å². The van der Waals surface area contributed by atoms with Crippen molar-refractivity contribution in [3.8, 4) is 0 Å². The second-order valence-corrected chi connectivity index (χ2v) is 10.2. The molecular formula is C25H27ClN2O3S. The quantitative estimate of drug-likeness (QED) is 0.527. The molecule has 2 atom stereocenters. The fourth-order valence-electron chi connectivity index (χ4n) is 3.63. The first-order valence-corrected chi connectivity index (χ1v) is 12.5. The number of sulfonamides is 1. The molecule has 0 fully saturated rings. The topological polar surface area (TPSA) is 66.5 Å². The molecule has 5 nitrogen and oxygen atoms in total. The number of anilines is 1. The maximum Gasteiger partial charge on any atom is 0.244 e. The summed E-state index contributed by atoms with van der Waals surface area (Å²) in [6.45, 7) is 5.36. The number of nitrogens with zero attached hydrogens (tertiary/aromatic N) is 1. The Morgan fingerprint density at radius 3 is 2.12 bits per heavy atom. The van der Waals surface area contributed by atoms with Gasteiger partial charge >= 0.3 is 0 Å². The van der Waals surface area contributed by atoms with Crippen LogP contribution in [0.15, 0.2) is 72.8 Å². The summed E-state index contributed by atoms with van der Waals surface area (Å²) in [5.41, 5.74) is 4.01. The molecule has 0 radical (unpaired) electrons. The van der Waals surface area contributed by atoms with Crippen LogP contribution in [0.4, 0.5) is 5.69 Å². The Bertz CT molecular complexity index is 1200. The normalized spacial score (nSPS) is 13.3. The molecule has 0 aromatic heterocycles. The van der Waals surface area contributed by atoms with Crippen molar-refractivity contribution in [1.82, 2.24) is 5.32 Å². The molecule has 3 rings (SSSR count). The molecule has 0 saturated carbocycles. The molecule has 3 aromatic rings. The van der Waals surface area contributed by atoms with E-state index in [1.54, 1.807) is 32.0 Å². The number of benzene rings is 3. The number of halogens is 1. The van der Waals surface area contributed by atoms with Crippen LogP contribution >= 0.6 is 11.6 Å². The van der Waals surface area contributed by atoms with Crippen molar-refractivity contribution in [1.29, 1.82) is 0 Å². The SMILES string of the molecule is Cc1ccc([C@@H](NC(=O)[C@@H](C)N(c2cc(Cl)ccc2C)S(C)(=O)=O)c2ccccc2)cc1. The highest BCUT2D eigenvalue weighted by Crippen LogP contribution is 2.29. The molecule has 0 aliphatic carbocycles. The number of hydrogen-bond acceptors (Lipinski definition) is 3. The highest BCUT2D eigenvalue weighted by molar-refractivity contribution is 7.92. The Balaban J connectivity index is 1.98. The van der Waals surface area contributed by atoms with E-state index in [1.165, 1.54) is 0 Å². The van der Waals surface area contributed by atoms with Gasteiger partial charge in [0.1, 0.15) is 6.04 Å². The van der Waals surface area contributed by atoms with Gasteiger partial charge in [0.2, 0.25) is 15.9 Å². The van der Waals surface area contributed by atoms with Gasteiger partial charge in [-0.05, 0) is 49.6 Å². The third kappa shape index (κ3) is 5.50. The molecule has 0 bridgehead atoms. The lowest BCUT2D eigenvalue weighted by atomic mass is 9.97. The number of rotatable bonds is 7. The van der Waals surface area contributed by atoms with Crippen LogP contribution in [0.25, 0.3) is 0 Å². The average Bonchev–Trinajstić information content (AvgIpc) is 2.75. The van der Waals surface area contributed by atoms with Gasteiger partial charge in [-0.3, -0.25) is 9.10 Å². The van der Waals surface area contributed by atoms with E-state index in [1.807, 2.05) is 61.5 Å². The summed E-state index contributed by atoms with van der Waals surface area (Å²) in [6.07, 6.45) is 1.09. The highest BCUT2D eigenvalue weighted by atomic mass is 35.5. The van der Waals surface area contributed by atoms with E-state index in [4.69, 9.17) is 11.6 Å². The maximum atomic E-state index is 13.4. The first kappa shape index (κ1) is 23.8. The van der Waals surface area contributed by atoms with Crippen LogP contribution in [-0.2, 0) is 14.8 Å². The van der Waals surface area contributed by atoms with Crippen molar-refractivity contribution in [3.63, 3.8) is 0 Å². The van der Waals surface area contributed by atoms with E-state index >= 15 is 0 Å². The van der Waals surface area contributed by atoms with Crippen LogP contribution < -0.4 is 9.62 Å². The van der Waals surface area contributed by atoms with Crippen molar-refractivity contribution in [2.75, 3.05) is 10.6 Å². The van der Waals surface area contributed by atoms with Crippen LogP contribution in [0, 0.1) is 13.8 Å². The Morgan fingerprint density at radius 2 is 1.53 bits per heavy atom. The van der Waals surface area contributed by atoms with Gasteiger partial charge in [-0.1, -0.05) is 77.8 Å². The second-order valence-electron chi connectivity index (χ2n) is 7.93. The van der Waals surface area contributed by atoms with Crippen LogP contribution in [0.1, 0.15) is 35.2 Å². The first-order valence-electron chi connectivity index (χ1n) is 10.3. The Labute approximate surface area is 195 Å². The summed E-state index contributed by atoms with van der Waals surface area (Å²) in [5.74, 6) is -0.413. The zero-order valence-corrected chi connectivity index (χ0v) is 20.1.